The van der Waals surface area contributed by atoms with Crippen LogP contribution in [0.2, 0.25) is 0 Å². The second kappa shape index (κ2) is 31.9. The van der Waals surface area contributed by atoms with Crippen LogP contribution in [0.1, 0.15) is 213 Å². The average Bonchev–Trinajstić information content (AvgIpc) is 2.84. The Morgan fingerprint density at radius 2 is 0.877 bits per heavy atom. The molecule has 0 aromatic rings. The van der Waals surface area contributed by atoms with Crippen LogP contribution in [-0.2, 0) is 33.0 Å². The molecule has 342 valence electrons. The van der Waals surface area contributed by atoms with Crippen LogP contribution >= 0.6 is 22.9 Å². The topological polar surface area (TPSA) is 144 Å². The van der Waals surface area contributed by atoms with Crippen LogP contribution in [0.15, 0.2) is 9.98 Å². The van der Waals surface area contributed by atoms with Gasteiger partial charge in [0, 0.05) is 40.8 Å². The number of thiocarbonyl (C=S) groups is 1. The van der Waals surface area contributed by atoms with Crippen LogP contribution < -0.4 is 0 Å². The fourth-order valence-electron chi connectivity index (χ4n) is 1.74. The monoisotopic (exact) mass is 871 g/mol. The Balaban J connectivity index is -0.0000000806. The smallest absolute Gasteiger partial charge is 0.237 e. The molecule has 0 bridgehead atoms. The van der Waals surface area contributed by atoms with E-state index in [4.69, 9.17) is 10.7 Å². The van der Waals surface area contributed by atoms with Gasteiger partial charge in [-0.3, -0.25) is 9.59 Å². The van der Waals surface area contributed by atoms with Crippen LogP contribution in [0.4, 0.5) is 0 Å². The molecule has 0 rings (SSSR count). The summed E-state index contributed by atoms with van der Waals surface area (Å²) in [6, 6.07) is 0. The number of hydrogen-bond acceptors (Lipinski definition) is 10. The number of Topliss-reactive ketones (excluding diaryl/α,β-unsaturated/α-hetero) is 3. The third-order valence-corrected chi connectivity index (χ3v) is 7.75. The lowest BCUT2D eigenvalue weighted by atomic mass is 9.89. The Morgan fingerprint density at radius 1 is 0.632 bits per heavy atom. The summed E-state index contributed by atoms with van der Waals surface area (Å²) >= 11 is 4.38. The van der Waals surface area contributed by atoms with Crippen molar-refractivity contribution >= 4 is 66.8 Å². The minimum absolute atomic E-state index is 0.0399. The summed E-state index contributed by atoms with van der Waals surface area (Å²) in [6.07, 6.45) is 4.50. The van der Waals surface area contributed by atoms with Gasteiger partial charge >= 0.3 is 0 Å². The van der Waals surface area contributed by atoms with E-state index in [1.807, 2.05) is 90.0 Å². The van der Waals surface area contributed by atoms with Crippen molar-refractivity contribution in [2.45, 2.75) is 229 Å². The van der Waals surface area contributed by atoms with Crippen molar-refractivity contribution in [1.82, 2.24) is 0 Å². The number of hydrogen-bond donors (Lipinski definition) is 0. The molecular weight excluding hydrogens is 780 g/mol. The van der Waals surface area contributed by atoms with Crippen LogP contribution in [0, 0.1) is 27.1 Å². The Kier molecular flexibility index (Phi) is 40.7. The molecular formula is C45H91ClN2O7S2. The highest BCUT2D eigenvalue weighted by atomic mass is 35.7. The van der Waals surface area contributed by atoms with Gasteiger partial charge in [0.15, 0.2) is 0 Å². The maximum atomic E-state index is 10.8. The number of halogens is 1. The summed E-state index contributed by atoms with van der Waals surface area (Å²) in [5, 5.41) is 2.32. The Morgan fingerprint density at radius 3 is 0.895 bits per heavy atom. The van der Waals surface area contributed by atoms with E-state index in [9.17, 15) is 32.4 Å². The third-order valence-electron chi connectivity index (χ3n) is 4.80. The molecule has 0 aromatic heterocycles. The van der Waals surface area contributed by atoms with Gasteiger partial charge in [-0.25, -0.2) is 23.2 Å². The number of isothiocyanates is 1. The van der Waals surface area contributed by atoms with Crippen molar-refractivity contribution in [2.75, 3.05) is 0 Å². The average molecular weight is 872 g/mol. The summed E-state index contributed by atoms with van der Waals surface area (Å²) in [4.78, 5) is 58.4. The van der Waals surface area contributed by atoms with Crippen LogP contribution in [-0.4, -0.2) is 59.1 Å². The zero-order chi connectivity index (χ0) is 48.9. The second-order valence-corrected chi connectivity index (χ2v) is 26.2. The van der Waals surface area contributed by atoms with Crippen LogP contribution in [0.5, 0.6) is 0 Å². The fraction of sp³-hybridized carbons (Fsp3) is 0.867. The van der Waals surface area contributed by atoms with Crippen molar-refractivity contribution < 1.29 is 32.4 Å². The Labute approximate surface area is 363 Å². The first-order chi connectivity index (χ1) is 24.2. The van der Waals surface area contributed by atoms with E-state index < -0.39 is 13.8 Å². The first kappa shape index (κ1) is 72.7. The standard InChI is InChI=1S/C8H16O.C7H14O.C6H12O.C5H9NO.C5H9NS.C5H10O.C5H12.C4H9ClO2S/c1-5-7(9)6-8(2,3)4;1-6(8)5-7(2,3)4;1-5(7)6(2,3)4;2*1-5(2,3)6-4-7;1-5(2,3)4-6;1-5(2,3)4;1-4(2,3)8(5,6)7/h5-6H2,1-4H3;5H2,1-4H3;1-4H3;2*1-3H3;4H,1-3H3;1-4H3;1-3H3. The molecule has 0 aliphatic carbocycles. The molecule has 0 aliphatic heterocycles. The molecule has 0 amide bonds. The fourth-order valence-corrected chi connectivity index (χ4v) is 2.01. The summed E-state index contributed by atoms with van der Waals surface area (Å²) in [5.74, 6) is 0.882. The minimum atomic E-state index is -3.37. The summed E-state index contributed by atoms with van der Waals surface area (Å²) in [6.45, 7) is 53.8. The molecule has 0 aromatic carbocycles. The quantitative estimate of drug-likeness (QED) is 0.0896. The number of isocyanates is 1. The molecule has 0 fully saturated rings. The van der Waals surface area contributed by atoms with E-state index in [1.54, 1.807) is 34.6 Å². The molecule has 0 heterocycles. The number of nitrogens with zero attached hydrogens (tertiary/aromatic N) is 2. The molecule has 9 nitrogen and oxygen atoms in total. The molecule has 0 saturated carbocycles. The lowest BCUT2D eigenvalue weighted by Gasteiger charge is -2.15. The van der Waals surface area contributed by atoms with Crippen molar-refractivity contribution in [3.8, 4) is 0 Å². The highest BCUT2D eigenvalue weighted by Gasteiger charge is 2.25. The molecule has 57 heavy (non-hydrogen) atoms. The highest BCUT2D eigenvalue weighted by Crippen LogP contribution is 2.20. The van der Waals surface area contributed by atoms with Gasteiger partial charge < -0.3 is 9.59 Å². The molecule has 0 unspecified atom stereocenters. The van der Waals surface area contributed by atoms with Gasteiger partial charge in [0.1, 0.15) is 23.6 Å². The second-order valence-electron chi connectivity index (χ2n) is 22.7. The van der Waals surface area contributed by atoms with E-state index in [0.717, 1.165) is 6.29 Å². The van der Waals surface area contributed by atoms with E-state index in [2.05, 4.69) is 96.6 Å². The maximum Gasteiger partial charge on any atom is 0.237 e. The molecule has 0 aliphatic rings. The first-order valence-corrected chi connectivity index (χ1v) is 22.1. The number of aliphatic imine (C=N–C) groups is 2. The molecule has 0 radical (unpaired) electrons. The van der Waals surface area contributed by atoms with Crippen LogP contribution in [0.25, 0.3) is 0 Å². The summed E-state index contributed by atoms with van der Waals surface area (Å²) in [5.41, 5.74) is 0.280. The highest BCUT2D eigenvalue weighted by molar-refractivity contribution is 8.14. The molecule has 0 spiro atoms. The molecule has 12 heteroatoms. The Bertz CT molecular complexity index is 1250. The number of rotatable bonds is 3. The molecule has 0 N–H and O–H groups in total. The van der Waals surface area contributed by atoms with Crippen molar-refractivity contribution in [3.63, 3.8) is 0 Å². The van der Waals surface area contributed by atoms with E-state index in [-0.39, 0.29) is 44.3 Å². The SMILES string of the molecule is CC(=O)C(C)(C)C.CC(=O)CC(C)(C)C.CC(C)(C)C.CC(C)(C)C=O.CC(C)(C)N=C=O.CC(C)(C)N=C=S.CC(C)(C)S(=O)(=O)Cl.CCC(=O)CC(C)(C)C. The largest absolute Gasteiger partial charge is 0.303 e. The number of carbonyl (C=O) groups excluding carboxylic acids is 5. The predicted octanol–water partition coefficient (Wildman–Crippen LogP) is 13.7. The molecule has 0 saturated heterocycles. The first-order valence-electron chi connectivity index (χ1n) is 19.4. The van der Waals surface area contributed by atoms with Gasteiger partial charge in [-0.1, -0.05) is 118 Å². The summed E-state index contributed by atoms with van der Waals surface area (Å²) < 4.78 is 20.0. The van der Waals surface area contributed by atoms with Crippen LogP contribution in [0.3, 0.4) is 0 Å². The van der Waals surface area contributed by atoms with Gasteiger partial charge in [0.2, 0.25) is 15.1 Å². The summed E-state index contributed by atoms with van der Waals surface area (Å²) in [7, 11) is 1.61. The normalized spacial score (nSPS) is 11.5. The van der Waals surface area contributed by atoms with Crippen molar-refractivity contribution in [3.05, 3.63) is 0 Å². The minimum Gasteiger partial charge on any atom is -0.303 e. The van der Waals surface area contributed by atoms with Gasteiger partial charge in [0.05, 0.1) is 21.0 Å². The maximum absolute atomic E-state index is 10.8. The van der Waals surface area contributed by atoms with E-state index in [1.165, 1.54) is 6.08 Å². The lowest BCUT2D eigenvalue weighted by Crippen LogP contribution is -2.22. The van der Waals surface area contributed by atoms with E-state index >= 15 is 0 Å². The van der Waals surface area contributed by atoms with Gasteiger partial charge in [-0.05, 0) is 105 Å². The van der Waals surface area contributed by atoms with Crippen molar-refractivity contribution in [2.24, 2.45) is 37.1 Å². The van der Waals surface area contributed by atoms with Gasteiger partial charge in [0.25, 0.3) is 0 Å². The van der Waals surface area contributed by atoms with Crippen molar-refractivity contribution in [1.29, 1.82) is 0 Å². The number of carbonyl (C=O) groups is 4. The van der Waals surface area contributed by atoms with Gasteiger partial charge in [-0.15, -0.1) is 0 Å². The molecule has 0 atom stereocenters. The zero-order valence-electron chi connectivity index (χ0n) is 42.1. The lowest BCUT2D eigenvalue weighted by molar-refractivity contribution is -0.124. The van der Waals surface area contributed by atoms with Gasteiger partial charge in [-0.2, -0.15) is 0 Å². The third kappa shape index (κ3) is 113. The number of aldehydes is 1. The zero-order valence-corrected chi connectivity index (χ0v) is 44.5. The predicted molar refractivity (Wildman–Crippen MR) is 252 cm³/mol. The number of ketones is 3. The van der Waals surface area contributed by atoms with E-state index in [0.29, 0.717) is 30.5 Å². The Hall–Kier alpha value is -1.90.